The number of methoxy groups -OCH3 is 19. The molecule has 21 heterocycles. The van der Waals surface area contributed by atoms with Gasteiger partial charge in [-0.1, -0.05) is 0 Å². The molecule has 0 aromatic heterocycles. The number of hydrogen-bond donors (Lipinski definition) is 2. The highest BCUT2D eigenvalue weighted by Crippen LogP contribution is 2.43. The van der Waals surface area contributed by atoms with Crippen LogP contribution >= 0.6 is 0 Å². The quantitative estimate of drug-likeness (QED) is 0.0895. The first-order valence-corrected chi connectivity index (χ1v) is 31.9. The number of aliphatic carboxylic acids is 2. The van der Waals surface area contributed by atoms with E-state index in [1.807, 2.05) is 0 Å². The van der Waals surface area contributed by atoms with E-state index in [4.69, 9.17) is 156 Å². The van der Waals surface area contributed by atoms with Crippen molar-refractivity contribution in [2.45, 2.75) is 215 Å². The monoisotopic (exact) mass is 1430 g/mol. The van der Waals surface area contributed by atoms with E-state index in [2.05, 4.69) is 0 Å². The van der Waals surface area contributed by atoms with Gasteiger partial charge in [0.1, 0.15) is 159 Å². The summed E-state index contributed by atoms with van der Waals surface area (Å²) in [7, 11) is 26.6. The topological polar surface area (TPSA) is 379 Å². The molecular formula is C61H104O37. The van der Waals surface area contributed by atoms with E-state index < -0.39 is 227 Å². The second-order valence-electron chi connectivity index (χ2n) is 24.0. The van der Waals surface area contributed by atoms with Crippen molar-refractivity contribution in [3.05, 3.63) is 0 Å². The third-order valence-electron chi connectivity index (χ3n) is 18.9. The molecular weight excluding hydrogens is 1320 g/mol. The van der Waals surface area contributed by atoms with Crippen LogP contribution in [0.5, 0.6) is 0 Å². The third-order valence-corrected chi connectivity index (χ3v) is 18.9. The van der Waals surface area contributed by atoms with Crippen LogP contribution in [0.15, 0.2) is 0 Å². The molecule has 0 amide bonds. The standard InChI is InChI=1S/C61H104O37/c1-66-20-25-30-35(71-6)46(78-13)55(85-25)91-31-26(21-67-2)88-58(49(81-16)36(31)72-7)95-42-40(76-11)52(84-19)61(98-44(42)53(62)63)94-34-29(24-70-5)87-57(48(80-15)39(34)75-10)92-32-27(22-68-3)89-59(50(82-17)37(32)73-8)96-43-41(77-12)51(83-18)60(97-45(43)54(64)65)93-33-28(23-69-4)86-56(90-30)47(79-14)38(33)74-9/h25-52,55-61H,20-24H2,1-19H3,(H,62,63)(H,64,65)/t25-,26-,27-,28-,29-,30-,31-,32-,33-,34-,35+,36+,37+,38+,39+,40+,41+,42+,43+,44+,45+,46-,47-,48-,49-,50-,51-,52-,55-,56-,57-,58-,59-,60+,61+/m1/s1. The zero-order chi connectivity index (χ0) is 71.2. The fourth-order valence-corrected chi connectivity index (χ4v) is 14.5. The van der Waals surface area contributed by atoms with Gasteiger partial charge < -0.3 is 167 Å². The first kappa shape index (κ1) is 81.3. The van der Waals surface area contributed by atoms with Gasteiger partial charge in [-0.3, -0.25) is 0 Å². The predicted molar refractivity (Wildman–Crippen MR) is 321 cm³/mol. The smallest absolute Gasteiger partial charge is 0.335 e. The highest BCUT2D eigenvalue weighted by Gasteiger charge is 2.63. The Bertz CT molecular complexity index is 2320. The summed E-state index contributed by atoms with van der Waals surface area (Å²) in [5.41, 5.74) is 0. The lowest BCUT2D eigenvalue weighted by Gasteiger charge is -2.52. The molecule has 21 rings (SSSR count). The number of carboxylic acids is 2. The molecule has 21 aliphatic rings. The number of rotatable bonds is 26. The maximum Gasteiger partial charge on any atom is 0.335 e. The van der Waals surface area contributed by atoms with Crippen LogP contribution in [0.1, 0.15) is 0 Å². The van der Waals surface area contributed by atoms with Crippen molar-refractivity contribution < 1.29 is 176 Å². The Balaban J connectivity index is 1.24. The molecule has 0 aliphatic carbocycles. The van der Waals surface area contributed by atoms with Crippen LogP contribution < -0.4 is 0 Å². The van der Waals surface area contributed by atoms with E-state index in [0.29, 0.717) is 0 Å². The van der Waals surface area contributed by atoms with E-state index in [-0.39, 0.29) is 33.0 Å². The van der Waals surface area contributed by atoms with Gasteiger partial charge in [-0.2, -0.15) is 0 Å². The van der Waals surface area contributed by atoms with Crippen molar-refractivity contribution in [3.8, 4) is 0 Å². The lowest BCUT2D eigenvalue weighted by molar-refractivity contribution is -0.400. The van der Waals surface area contributed by atoms with Crippen LogP contribution in [0.25, 0.3) is 0 Å². The summed E-state index contributed by atoms with van der Waals surface area (Å²) < 4.78 is 209. The van der Waals surface area contributed by atoms with E-state index >= 15 is 0 Å². The van der Waals surface area contributed by atoms with E-state index in [1.54, 1.807) is 0 Å². The maximum absolute atomic E-state index is 13.7. The van der Waals surface area contributed by atoms with Gasteiger partial charge in [0.05, 0.1) is 33.0 Å². The normalized spacial score (nSPS) is 46.0. The first-order valence-electron chi connectivity index (χ1n) is 31.9. The van der Waals surface area contributed by atoms with Crippen molar-refractivity contribution in [1.29, 1.82) is 0 Å². The molecule has 0 saturated carbocycles. The summed E-state index contributed by atoms with van der Waals surface area (Å²) in [5, 5.41) is 22.2. The largest absolute Gasteiger partial charge is 0.479 e. The van der Waals surface area contributed by atoms with Gasteiger partial charge in [-0.25, -0.2) is 9.59 Å². The minimum absolute atomic E-state index is 0.117. The first-order chi connectivity index (χ1) is 47.4. The summed E-state index contributed by atoms with van der Waals surface area (Å²) in [4.78, 5) is 27.4. The summed E-state index contributed by atoms with van der Waals surface area (Å²) in [6.45, 7) is -0.777. The number of carbonyl (C=O) groups is 2. The molecule has 0 unspecified atom stereocenters. The Morgan fingerprint density at radius 1 is 0.214 bits per heavy atom. The Morgan fingerprint density at radius 3 is 0.500 bits per heavy atom. The fraction of sp³-hybridized carbons (Fsp3) is 0.967. The second-order valence-corrected chi connectivity index (χ2v) is 24.0. The Morgan fingerprint density at radius 2 is 0.357 bits per heavy atom. The van der Waals surface area contributed by atoms with Crippen molar-refractivity contribution in [1.82, 2.24) is 0 Å². The third kappa shape index (κ3) is 17.1. The molecule has 35 atom stereocenters. The summed E-state index contributed by atoms with van der Waals surface area (Å²) >= 11 is 0. The molecule has 21 saturated heterocycles. The van der Waals surface area contributed by atoms with Gasteiger partial charge in [-0.15, -0.1) is 0 Å². The molecule has 21 fully saturated rings. The highest BCUT2D eigenvalue weighted by atomic mass is 16.8. The highest BCUT2D eigenvalue weighted by molar-refractivity contribution is 5.74. The van der Waals surface area contributed by atoms with Gasteiger partial charge in [0.15, 0.2) is 56.2 Å². The maximum atomic E-state index is 13.7. The number of carboxylic acid groups (broad SMARTS) is 2. The molecule has 0 spiro atoms. The summed E-state index contributed by atoms with van der Waals surface area (Å²) in [6.07, 6.45) is -44.5. The number of ether oxygens (including phenoxy) is 33. The van der Waals surface area contributed by atoms with E-state index in [0.717, 1.165) is 0 Å². The predicted octanol–water partition coefficient (Wildman–Crippen LogP) is -2.62. The summed E-state index contributed by atoms with van der Waals surface area (Å²) in [5.74, 6) is -2.98. The molecule has 0 aromatic rings. The SMILES string of the molecule is COC[C@H]1O[C@@H]2O[C@H]3[C@H](OC)[C@@H](OC)[C@@H](O[C@H]4[C@H](OC)[C@@H](OC)[C@@H](O[C@H]5[C@H](OC)[C@@H](OC)[C@@H](O[C@H]6[C@H](OC)[C@@H](OC)[C@@H](O[C@H]7[C@H](OC)[C@@H](OC)[C@@H](O[C@H]8[C@H](OC)[C@@H](OC)[C@@H](O[C@H]1[C@H](OC)[C@H]2OC)O[C@@H]8C(=O)O)O[C@@H]7COC)O[C@@H]6COC)O[C@@H]5COC)O[C@@H]4C(=O)O)O[C@@H]3COC. The van der Waals surface area contributed by atoms with Gasteiger partial charge in [-0.05, 0) is 0 Å². The van der Waals surface area contributed by atoms with Crippen molar-refractivity contribution in [2.75, 3.05) is 168 Å². The minimum Gasteiger partial charge on any atom is -0.479 e. The molecule has 14 bridgehead atoms. The average molecular weight is 1430 g/mol. The molecule has 570 valence electrons. The van der Waals surface area contributed by atoms with Gasteiger partial charge in [0.25, 0.3) is 0 Å². The molecule has 2 N–H and O–H groups in total. The minimum atomic E-state index is -1.87. The second kappa shape index (κ2) is 38.6. The zero-order valence-corrected chi connectivity index (χ0v) is 58.9. The Hall–Kier alpha value is -2.38. The lowest BCUT2D eigenvalue weighted by Crippen LogP contribution is -2.69. The van der Waals surface area contributed by atoms with E-state index in [9.17, 15) is 19.8 Å². The van der Waals surface area contributed by atoms with E-state index in [1.165, 1.54) is 135 Å². The van der Waals surface area contributed by atoms with Crippen LogP contribution in [0, 0.1) is 0 Å². The molecule has 98 heavy (non-hydrogen) atoms. The lowest BCUT2D eigenvalue weighted by atomic mass is 9.94. The van der Waals surface area contributed by atoms with Crippen LogP contribution in [-0.4, -0.2) is 405 Å². The molecule has 0 radical (unpaired) electrons. The summed E-state index contributed by atoms with van der Waals surface area (Å²) in [6, 6.07) is 0. The Labute approximate surface area is 569 Å². The van der Waals surface area contributed by atoms with Crippen molar-refractivity contribution in [2.24, 2.45) is 0 Å². The fourth-order valence-electron chi connectivity index (χ4n) is 14.5. The number of hydrogen-bond acceptors (Lipinski definition) is 35. The van der Waals surface area contributed by atoms with Crippen LogP contribution in [0.3, 0.4) is 0 Å². The van der Waals surface area contributed by atoms with Gasteiger partial charge in [0, 0.05) is 135 Å². The molecule has 37 nitrogen and oxygen atoms in total. The van der Waals surface area contributed by atoms with Crippen molar-refractivity contribution in [3.63, 3.8) is 0 Å². The molecule has 21 aliphatic heterocycles. The van der Waals surface area contributed by atoms with Crippen LogP contribution in [0.2, 0.25) is 0 Å². The molecule has 37 heteroatoms. The van der Waals surface area contributed by atoms with Gasteiger partial charge in [0.2, 0.25) is 0 Å². The van der Waals surface area contributed by atoms with Crippen LogP contribution in [0.4, 0.5) is 0 Å². The molecule has 0 aromatic carbocycles. The van der Waals surface area contributed by atoms with Crippen LogP contribution in [-0.2, 0) is 166 Å². The average Bonchev–Trinajstić information content (AvgIpc) is 0.768. The van der Waals surface area contributed by atoms with Crippen molar-refractivity contribution >= 4 is 11.9 Å². The van der Waals surface area contributed by atoms with Gasteiger partial charge >= 0.3 is 11.9 Å². The zero-order valence-electron chi connectivity index (χ0n) is 58.9. The Kier molecular flexibility index (Phi) is 32.0.